The van der Waals surface area contributed by atoms with Crippen LogP contribution < -0.4 is 0 Å². The number of benzene rings is 1. The summed E-state index contributed by atoms with van der Waals surface area (Å²) in [5.74, 6) is -2.60. The highest BCUT2D eigenvalue weighted by atomic mass is 127. The van der Waals surface area contributed by atoms with Gasteiger partial charge in [-0.2, -0.15) is 0 Å². The van der Waals surface area contributed by atoms with Gasteiger partial charge in [0.15, 0.2) is 17.5 Å². The normalized spacial score (nSPS) is 11.3. The van der Waals surface area contributed by atoms with Crippen LogP contribution in [0.15, 0.2) is 0 Å². The molecule has 2 aromatic rings. The Balaban J connectivity index is 3.07. The molecule has 1 aromatic heterocycles. The van der Waals surface area contributed by atoms with Crippen molar-refractivity contribution < 1.29 is 13.2 Å². The second-order valence-electron chi connectivity index (χ2n) is 3.17. The van der Waals surface area contributed by atoms with Gasteiger partial charge in [0.2, 0.25) is 0 Å². The predicted molar refractivity (Wildman–Crippen MR) is 58.0 cm³/mol. The number of fused-ring (bicyclic) bond motifs is 1. The molecule has 2 rings (SSSR count). The monoisotopic (exact) mass is 326 g/mol. The summed E-state index contributed by atoms with van der Waals surface area (Å²) in [5, 5.41) is 0. The zero-order chi connectivity index (χ0) is 11.3. The van der Waals surface area contributed by atoms with Crippen molar-refractivity contribution in [2.75, 3.05) is 0 Å². The minimum absolute atomic E-state index is 0.127. The second kappa shape index (κ2) is 3.36. The molecule has 6 heteroatoms. The molecule has 0 aliphatic rings. The highest BCUT2D eigenvalue weighted by Crippen LogP contribution is 2.28. The topological polar surface area (TPSA) is 17.8 Å². The molecule has 0 amide bonds. The van der Waals surface area contributed by atoms with E-state index in [4.69, 9.17) is 0 Å². The maximum Gasteiger partial charge on any atom is 0.186 e. The Hall–Kier alpha value is -0.790. The first-order valence-electron chi connectivity index (χ1n) is 4.10. The number of rotatable bonds is 0. The molecule has 0 saturated heterocycles. The molecule has 1 aromatic carbocycles. The van der Waals surface area contributed by atoms with Gasteiger partial charge in [0.1, 0.15) is 16.9 Å². The number of hydrogen-bond donors (Lipinski definition) is 0. The van der Waals surface area contributed by atoms with Crippen molar-refractivity contribution in [1.29, 1.82) is 0 Å². The minimum atomic E-state index is -1.16. The lowest BCUT2D eigenvalue weighted by molar-refractivity contribution is 0.494. The molecule has 0 radical (unpaired) electrons. The van der Waals surface area contributed by atoms with Crippen molar-refractivity contribution in [2.45, 2.75) is 6.92 Å². The van der Waals surface area contributed by atoms with Crippen molar-refractivity contribution in [3.05, 3.63) is 26.8 Å². The Morgan fingerprint density at radius 3 is 2.33 bits per heavy atom. The number of aryl methyl sites for hydroxylation is 2. The van der Waals surface area contributed by atoms with Gasteiger partial charge >= 0.3 is 0 Å². The Morgan fingerprint density at radius 2 is 1.73 bits per heavy atom. The molecule has 15 heavy (non-hydrogen) atoms. The smallest absolute Gasteiger partial charge is 0.186 e. The molecule has 0 aliphatic heterocycles. The lowest BCUT2D eigenvalue weighted by Crippen LogP contribution is -1.99. The van der Waals surface area contributed by atoms with Gasteiger partial charge in [-0.05, 0) is 29.5 Å². The maximum atomic E-state index is 13.5. The number of nitrogens with zero attached hydrogens (tertiary/aromatic N) is 2. The number of halogens is 4. The summed E-state index contributed by atoms with van der Waals surface area (Å²) in [4.78, 5) is 3.85. The van der Waals surface area contributed by atoms with Gasteiger partial charge in [-0.15, -0.1) is 0 Å². The van der Waals surface area contributed by atoms with Crippen LogP contribution in [0.1, 0.15) is 5.82 Å². The molecule has 80 valence electrons. The molecule has 2 nitrogen and oxygen atoms in total. The fourth-order valence-corrected chi connectivity index (χ4v) is 1.91. The summed E-state index contributed by atoms with van der Waals surface area (Å²) < 4.78 is 41.3. The summed E-state index contributed by atoms with van der Waals surface area (Å²) >= 11 is 1.42. The number of imidazole rings is 1. The van der Waals surface area contributed by atoms with E-state index in [0.717, 1.165) is 0 Å². The third kappa shape index (κ3) is 1.34. The van der Waals surface area contributed by atoms with Crippen LogP contribution in [0.3, 0.4) is 0 Å². The van der Waals surface area contributed by atoms with Gasteiger partial charge in [0, 0.05) is 7.05 Å². The van der Waals surface area contributed by atoms with E-state index in [1.54, 1.807) is 6.92 Å². The maximum absolute atomic E-state index is 13.5. The number of aromatic nitrogens is 2. The summed E-state index contributed by atoms with van der Waals surface area (Å²) in [6, 6.07) is 0. The number of hydrogen-bond acceptors (Lipinski definition) is 1. The minimum Gasteiger partial charge on any atom is -0.329 e. The molecule has 1 heterocycles. The summed E-state index contributed by atoms with van der Waals surface area (Å²) in [7, 11) is 1.51. The van der Waals surface area contributed by atoms with E-state index in [1.807, 2.05) is 0 Å². The van der Waals surface area contributed by atoms with Gasteiger partial charge in [-0.1, -0.05) is 0 Å². The van der Waals surface area contributed by atoms with E-state index in [0.29, 0.717) is 5.82 Å². The standard InChI is InChI=1S/C9H6F3IN2/c1-3-14-8-6(12)7(13)4(10)5(11)9(8)15(3)2/h1-2H3. The Bertz CT molecular complexity index is 562. The van der Waals surface area contributed by atoms with Crippen molar-refractivity contribution in [2.24, 2.45) is 7.05 Å². The summed E-state index contributed by atoms with van der Waals surface area (Å²) in [6.45, 7) is 1.60. The van der Waals surface area contributed by atoms with Crippen LogP contribution in [-0.4, -0.2) is 9.55 Å². The highest BCUT2D eigenvalue weighted by molar-refractivity contribution is 14.1. The molecule has 0 saturated carbocycles. The Morgan fingerprint density at radius 1 is 1.13 bits per heavy atom. The molecule has 0 atom stereocenters. The summed E-state index contributed by atoms with van der Waals surface area (Å²) in [6.07, 6.45) is 0. The van der Waals surface area contributed by atoms with Crippen LogP contribution in [0.2, 0.25) is 0 Å². The second-order valence-corrected chi connectivity index (χ2v) is 4.25. The van der Waals surface area contributed by atoms with E-state index in [2.05, 4.69) is 4.98 Å². The van der Waals surface area contributed by atoms with Gasteiger partial charge in [-0.25, -0.2) is 18.2 Å². The van der Waals surface area contributed by atoms with Crippen LogP contribution in [0.5, 0.6) is 0 Å². The molecule has 0 spiro atoms. The Labute approximate surface area is 97.2 Å². The lowest BCUT2D eigenvalue weighted by Gasteiger charge is -2.02. The first-order valence-corrected chi connectivity index (χ1v) is 5.18. The fraction of sp³-hybridized carbons (Fsp3) is 0.222. The van der Waals surface area contributed by atoms with E-state index < -0.39 is 17.5 Å². The average molecular weight is 326 g/mol. The lowest BCUT2D eigenvalue weighted by atomic mass is 10.3. The van der Waals surface area contributed by atoms with Gasteiger partial charge in [-0.3, -0.25) is 0 Å². The predicted octanol–water partition coefficient (Wildman–Crippen LogP) is 2.90. The molecule has 0 N–H and O–H groups in total. The SMILES string of the molecule is Cc1nc2c(F)c(I)c(F)c(F)c2n1C. The first kappa shape index (κ1) is 10.7. The third-order valence-corrected chi connectivity index (χ3v) is 3.26. The van der Waals surface area contributed by atoms with Crippen LogP contribution >= 0.6 is 22.6 Å². The van der Waals surface area contributed by atoms with Crippen LogP contribution in [0.25, 0.3) is 11.0 Å². The van der Waals surface area contributed by atoms with E-state index >= 15 is 0 Å². The average Bonchev–Trinajstić information content (AvgIpc) is 2.50. The van der Waals surface area contributed by atoms with Crippen molar-refractivity contribution in [3.63, 3.8) is 0 Å². The largest absolute Gasteiger partial charge is 0.329 e. The van der Waals surface area contributed by atoms with Crippen molar-refractivity contribution in [3.8, 4) is 0 Å². The van der Waals surface area contributed by atoms with Crippen LogP contribution in [0.4, 0.5) is 13.2 Å². The Kier molecular flexibility index (Phi) is 2.40. The van der Waals surface area contributed by atoms with Crippen molar-refractivity contribution in [1.82, 2.24) is 9.55 Å². The molecule has 0 fully saturated rings. The molecular weight excluding hydrogens is 320 g/mol. The highest BCUT2D eigenvalue weighted by Gasteiger charge is 2.22. The quantitative estimate of drug-likeness (QED) is 0.414. The summed E-state index contributed by atoms with van der Waals surface area (Å²) in [5.41, 5.74) is -0.263. The fourth-order valence-electron chi connectivity index (χ4n) is 1.42. The van der Waals surface area contributed by atoms with Crippen LogP contribution in [0, 0.1) is 27.9 Å². The van der Waals surface area contributed by atoms with Crippen LogP contribution in [-0.2, 0) is 7.05 Å². The van der Waals surface area contributed by atoms with Crippen molar-refractivity contribution >= 4 is 33.6 Å². The van der Waals surface area contributed by atoms with E-state index in [-0.39, 0.29) is 14.6 Å². The van der Waals surface area contributed by atoms with E-state index in [9.17, 15) is 13.2 Å². The first-order chi connectivity index (χ1) is 6.95. The van der Waals surface area contributed by atoms with E-state index in [1.165, 1.54) is 34.2 Å². The molecule has 0 bridgehead atoms. The van der Waals surface area contributed by atoms with Gasteiger partial charge in [0.25, 0.3) is 0 Å². The zero-order valence-electron chi connectivity index (χ0n) is 7.91. The molecular formula is C9H6F3IN2. The third-order valence-electron chi connectivity index (χ3n) is 2.31. The zero-order valence-corrected chi connectivity index (χ0v) is 10.1. The molecule has 0 aliphatic carbocycles. The van der Waals surface area contributed by atoms with Gasteiger partial charge in [0.05, 0.1) is 3.57 Å². The van der Waals surface area contributed by atoms with Gasteiger partial charge < -0.3 is 4.57 Å². The molecule has 0 unspecified atom stereocenters.